The maximum Gasteiger partial charge on any atom is 0.139 e. The van der Waals surface area contributed by atoms with Crippen LogP contribution >= 0.6 is 0 Å². The number of sulfonamides is 1. The van der Waals surface area contributed by atoms with Crippen LogP contribution in [0.15, 0.2) is 29.2 Å². The Morgan fingerprint density at radius 3 is 2.29 bits per heavy atom. The Morgan fingerprint density at radius 1 is 1.21 bits per heavy atom. The molecule has 0 saturated heterocycles. The molecular formula is C9H13NO2S2. The Morgan fingerprint density at radius 2 is 1.79 bits per heavy atom. The molecular weight excluding hydrogens is 218 g/mol. The minimum Gasteiger partial charge on any atom is -0.313 e. The van der Waals surface area contributed by atoms with Gasteiger partial charge in [-0.15, -0.1) is 0 Å². The molecule has 0 N–H and O–H groups in total. The molecule has 0 bridgehead atoms. The van der Waals surface area contributed by atoms with E-state index in [9.17, 15) is 8.42 Å². The molecule has 0 atom stereocenters. The van der Waals surface area contributed by atoms with E-state index in [0.717, 1.165) is 5.56 Å². The van der Waals surface area contributed by atoms with Crippen LogP contribution in [0.1, 0.15) is 5.56 Å². The van der Waals surface area contributed by atoms with Crippen molar-refractivity contribution in [1.29, 1.82) is 0 Å². The Labute approximate surface area is 88.1 Å². The van der Waals surface area contributed by atoms with Crippen LogP contribution in [0.3, 0.4) is 0 Å². The highest BCUT2D eigenvalue weighted by molar-refractivity contribution is 8.14. The zero-order valence-corrected chi connectivity index (χ0v) is 10.0. The van der Waals surface area contributed by atoms with Crippen LogP contribution in [0.25, 0.3) is 4.13 Å². The van der Waals surface area contributed by atoms with E-state index in [1.54, 1.807) is 37.6 Å². The summed E-state index contributed by atoms with van der Waals surface area (Å²) in [5, 5.41) is 0. The van der Waals surface area contributed by atoms with Crippen LogP contribution in [0.2, 0.25) is 0 Å². The predicted octanol–water partition coefficient (Wildman–Crippen LogP) is 1.85. The van der Waals surface area contributed by atoms with Crippen molar-refractivity contribution in [2.45, 2.75) is 11.8 Å². The van der Waals surface area contributed by atoms with E-state index in [0.29, 0.717) is 4.90 Å². The fourth-order valence-electron chi connectivity index (χ4n) is 1.08. The summed E-state index contributed by atoms with van der Waals surface area (Å²) < 4.78 is 27.1. The van der Waals surface area contributed by atoms with Crippen molar-refractivity contribution in [3.63, 3.8) is 0 Å². The summed E-state index contributed by atoms with van der Waals surface area (Å²) in [5.74, 6) is 0. The Hall–Kier alpha value is -0.520. The zero-order valence-electron chi connectivity index (χ0n) is 8.39. The lowest BCUT2D eigenvalue weighted by molar-refractivity contribution is 0.603. The lowest BCUT2D eigenvalue weighted by atomic mass is 10.2. The number of aryl methyl sites for hydroxylation is 1. The molecule has 0 saturated carbocycles. The molecule has 1 aromatic rings. The highest BCUT2D eigenvalue weighted by Gasteiger charge is 2.11. The minimum absolute atomic E-state index is 0.307. The third-order valence-electron chi connectivity index (χ3n) is 1.62. The van der Waals surface area contributed by atoms with Gasteiger partial charge in [0.1, 0.15) is 10.0 Å². The molecule has 0 fully saturated rings. The fourth-order valence-corrected chi connectivity index (χ4v) is 3.70. The second-order valence-electron chi connectivity index (χ2n) is 3.09. The second kappa shape index (κ2) is 4.33. The molecule has 0 unspecified atom stereocenters. The van der Waals surface area contributed by atoms with Gasteiger partial charge in [-0.1, -0.05) is 29.3 Å². The van der Waals surface area contributed by atoms with Crippen LogP contribution < -0.4 is 0 Å². The molecule has 0 radical (unpaired) electrons. The van der Waals surface area contributed by atoms with Gasteiger partial charge in [-0.2, -0.15) is 0 Å². The van der Waals surface area contributed by atoms with Crippen LogP contribution in [-0.2, 0) is 21.1 Å². The average Bonchev–Trinajstić information content (AvgIpc) is 2.02. The first kappa shape index (κ1) is 11.6. The van der Waals surface area contributed by atoms with Gasteiger partial charge in [-0.05, 0) is 18.6 Å². The monoisotopic (exact) mass is 231 g/mol. The van der Waals surface area contributed by atoms with Gasteiger partial charge in [0.25, 0.3) is 0 Å². The lowest BCUT2D eigenvalue weighted by Crippen LogP contribution is -2.06. The number of hydrogen-bond donors (Lipinski definition) is 0. The largest absolute Gasteiger partial charge is 0.313 e. The number of benzene rings is 1. The van der Waals surface area contributed by atoms with Crippen molar-refractivity contribution >= 4 is 21.1 Å². The Balaban J connectivity index is 3.11. The van der Waals surface area contributed by atoms with E-state index in [-0.39, 0.29) is 0 Å². The first-order valence-corrected chi connectivity index (χ1v) is 7.48. The summed E-state index contributed by atoms with van der Waals surface area (Å²) in [6.45, 7) is 1.77. The van der Waals surface area contributed by atoms with Crippen molar-refractivity contribution in [3.8, 4) is 0 Å². The topological polar surface area (TPSA) is 48.2 Å². The van der Waals surface area contributed by atoms with E-state index in [1.165, 1.54) is 0 Å². The van der Waals surface area contributed by atoms with Gasteiger partial charge in [0.15, 0.2) is 0 Å². The molecule has 1 aromatic carbocycles. The van der Waals surface area contributed by atoms with Crippen LogP contribution in [-0.4, -0.2) is 20.9 Å². The van der Waals surface area contributed by atoms with E-state index < -0.39 is 21.1 Å². The molecule has 14 heavy (non-hydrogen) atoms. The molecule has 0 aliphatic carbocycles. The third-order valence-corrected chi connectivity index (χ3v) is 4.61. The molecule has 0 heterocycles. The normalized spacial score (nSPS) is 12.0. The first-order chi connectivity index (χ1) is 6.43. The fraction of sp³-hybridized carbons (Fsp3) is 0.333. The maximum absolute atomic E-state index is 11.7. The summed E-state index contributed by atoms with van der Waals surface area (Å²) in [4.78, 5) is 0.307. The Bertz CT molecular complexity index is 413. The van der Waals surface area contributed by atoms with Gasteiger partial charge >= 0.3 is 0 Å². The molecule has 0 aromatic heterocycles. The molecule has 0 aliphatic heterocycles. The molecule has 3 nitrogen and oxygen atoms in total. The van der Waals surface area contributed by atoms with E-state index >= 15 is 0 Å². The smallest absolute Gasteiger partial charge is 0.139 e. The van der Waals surface area contributed by atoms with Crippen molar-refractivity contribution in [3.05, 3.63) is 34.0 Å². The van der Waals surface area contributed by atoms with Crippen molar-refractivity contribution in [2.75, 3.05) is 12.5 Å². The third kappa shape index (κ3) is 2.73. The van der Waals surface area contributed by atoms with Crippen molar-refractivity contribution < 1.29 is 8.42 Å². The van der Waals surface area contributed by atoms with Crippen LogP contribution in [0.4, 0.5) is 0 Å². The number of nitrogens with zero attached hydrogens (tertiary/aromatic N) is 1. The summed E-state index contributed by atoms with van der Waals surface area (Å²) in [6.07, 6.45) is 3.55. The van der Waals surface area contributed by atoms with Crippen molar-refractivity contribution in [1.82, 2.24) is 0 Å². The predicted molar refractivity (Wildman–Crippen MR) is 60.9 cm³/mol. The molecule has 5 heteroatoms. The van der Waals surface area contributed by atoms with E-state index in [4.69, 9.17) is 0 Å². The van der Waals surface area contributed by atoms with Gasteiger partial charge in [0.2, 0.25) is 0 Å². The summed E-state index contributed by atoms with van der Waals surface area (Å²) in [7, 11) is -3.45. The van der Waals surface area contributed by atoms with Gasteiger partial charge in [-0.25, -0.2) is 8.42 Å². The van der Waals surface area contributed by atoms with E-state index in [1.807, 2.05) is 6.07 Å². The zero-order chi connectivity index (χ0) is 10.8. The van der Waals surface area contributed by atoms with Gasteiger partial charge in [0.05, 0.1) is 17.4 Å². The summed E-state index contributed by atoms with van der Waals surface area (Å²) in [5.41, 5.74) is 0.738. The number of rotatable bonds is 3. The van der Waals surface area contributed by atoms with Gasteiger partial charge in [-0.3, -0.25) is 0 Å². The van der Waals surface area contributed by atoms with Crippen LogP contribution in [0, 0.1) is 6.92 Å². The lowest BCUT2D eigenvalue weighted by Gasteiger charge is -2.16. The standard InChI is InChI=1S/C9H13NO2S2/c1-8-6-4-5-7-9(8)14(11,12)10-13(2)3/h4-7H,1-3H3. The summed E-state index contributed by atoms with van der Waals surface area (Å²) in [6, 6.07) is 6.87. The molecule has 0 aliphatic rings. The molecule has 1 rings (SSSR count). The minimum atomic E-state index is -3.45. The van der Waals surface area contributed by atoms with Gasteiger partial charge in [0, 0.05) is 0 Å². The average molecular weight is 231 g/mol. The maximum atomic E-state index is 11.7. The molecule has 0 spiro atoms. The molecule has 78 valence electrons. The molecule has 0 amide bonds. The highest BCUT2D eigenvalue weighted by Crippen LogP contribution is 2.22. The second-order valence-corrected chi connectivity index (χ2v) is 6.62. The SMILES string of the molecule is Cc1ccccc1S(=O)(=O)[N-][S+](C)C. The van der Waals surface area contributed by atoms with Gasteiger partial charge < -0.3 is 4.13 Å². The summed E-state index contributed by atoms with van der Waals surface area (Å²) >= 11 is -0.457. The Kier molecular flexibility index (Phi) is 3.58. The van der Waals surface area contributed by atoms with E-state index in [2.05, 4.69) is 4.13 Å². The van der Waals surface area contributed by atoms with Crippen molar-refractivity contribution in [2.24, 2.45) is 0 Å². The quantitative estimate of drug-likeness (QED) is 0.745. The first-order valence-electron chi connectivity index (χ1n) is 4.05. The highest BCUT2D eigenvalue weighted by atomic mass is 32.3. The van der Waals surface area contributed by atoms with Crippen LogP contribution in [0.5, 0.6) is 0 Å². The number of hydrogen-bond acceptors (Lipinski definition) is 2.